The van der Waals surface area contributed by atoms with Crippen molar-refractivity contribution in [1.82, 2.24) is 0 Å². The van der Waals surface area contributed by atoms with Gasteiger partial charge >= 0.3 is 13.6 Å². The second-order valence-electron chi connectivity index (χ2n) is 3.33. The van der Waals surface area contributed by atoms with Crippen LogP contribution >= 0.6 is 30.8 Å². The summed E-state index contributed by atoms with van der Waals surface area (Å²) in [5, 5.41) is 0.672. The highest BCUT2D eigenvalue weighted by Gasteiger charge is 2.20. The van der Waals surface area contributed by atoms with E-state index in [1.165, 1.54) is 12.1 Å². The molecular formula is C10H11Cl2O6P. The lowest BCUT2D eigenvalue weighted by Gasteiger charge is -2.10. The molecule has 0 saturated carbocycles. The van der Waals surface area contributed by atoms with Crippen LogP contribution in [0.25, 0.3) is 0 Å². The van der Waals surface area contributed by atoms with Gasteiger partial charge in [-0.1, -0.05) is 23.2 Å². The number of benzene rings is 1. The molecule has 1 aromatic carbocycles. The van der Waals surface area contributed by atoms with Gasteiger partial charge in [0.2, 0.25) is 0 Å². The number of hydrogen-bond donors (Lipinski definition) is 1. The SMILES string of the molecule is COP(=O)(O)COC(=O)COc1ccc(Cl)cc1Cl. The smallest absolute Gasteiger partial charge is 0.365 e. The summed E-state index contributed by atoms with van der Waals surface area (Å²) in [5.41, 5.74) is 0. The standard InChI is InChI=1S/C10H11Cl2O6P/c1-16-19(14,15)6-18-10(13)5-17-9-3-2-7(11)4-8(9)12/h2-4H,5-6H2,1H3,(H,14,15). The van der Waals surface area contributed by atoms with Crippen molar-refractivity contribution in [3.63, 3.8) is 0 Å². The van der Waals surface area contributed by atoms with Crippen molar-refractivity contribution in [2.45, 2.75) is 0 Å². The second kappa shape index (κ2) is 7.12. The topological polar surface area (TPSA) is 82.1 Å². The molecule has 0 radical (unpaired) electrons. The van der Waals surface area contributed by atoms with E-state index in [0.29, 0.717) is 5.02 Å². The van der Waals surface area contributed by atoms with E-state index in [1.54, 1.807) is 6.07 Å². The highest BCUT2D eigenvalue weighted by atomic mass is 35.5. The van der Waals surface area contributed by atoms with Crippen molar-refractivity contribution in [3.8, 4) is 5.75 Å². The third kappa shape index (κ3) is 5.80. The molecule has 1 unspecified atom stereocenters. The Morgan fingerprint density at radius 2 is 2.11 bits per heavy atom. The van der Waals surface area contributed by atoms with Crippen LogP contribution in [-0.2, 0) is 18.6 Å². The number of rotatable bonds is 6. The Balaban J connectivity index is 2.44. The summed E-state index contributed by atoms with van der Waals surface area (Å²) in [6, 6.07) is 4.49. The fraction of sp³-hybridized carbons (Fsp3) is 0.300. The highest BCUT2D eigenvalue weighted by molar-refractivity contribution is 7.52. The summed E-state index contributed by atoms with van der Waals surface area (Å²) in [6.07, 6.45) is -0.736. The molecule has 0 aliphatic carbocycles. The Kier molecular flexibility index (Phi) is 6.10. The first kappa shape index (κ1) is 16.3. The summed E-state index contributed by atoms with van der Waals surface area (Å²) < 4.78 is 24.9. The number of carbonyl (C=O) groups is 1. The van der Waals surface area contributed by atoms with Gasteiger partial charge in [-0.2, -0.15) is 0 Å². The quantitative estimate of drug-likeness (QED) is 0.638. The van der Waals surface area contributed by atoms with Gasteiger partial charge in [0, 0.05) is 12.1 Å². The third-order valence-electron chi connectivity index (χ3n) is 1.91. The average Bonchev–Trinajstić information content (AvgIpc) is 2.35. The maximum Gasteiger partial charge on any atom is 0.365 e. The van der Waals surface area contributed by atoms with Gasteiger partial charge in [-0.3, -0.25) is 4.57 Å². The first-order chi connectivity index (χ1) is 8.84. The third-order valence-corrected chi connectivity index (χ3v) is 3.47. The molecule has 0 fully saturated rings. The Morgan fingerprint density at radius 1 is 1.42 bits per heavy atom. The minimum absolute atomic E-state index is 0.241. The highest BCUT2D eigenvalue weighted by Crippen LogP contribution is 2.40. The lowest BCUT2D eigenvalue weighted by atomic mass is 10.3. The van der Waals surface area contributed by atoms with Crippen LogP contribution < -0.4 is 4.74 Å². The summed E-state index contributed by atoms with van der Waals surface area (Å²) in [7, 11) is -2.84. The van der Waals surface area contributed by atoms with Gasteiger partial charge in [0.15, 0.2) is 13.0 Å². The number of esters is 1. The number of halogens is 2. The Hall–Kier alpha value is -0.780. The van der Waals surface area contributed by atoms with Crippen LogP contribution in [0, 0.1) is 0 Å². The fourth-order valence-electron chi connectivity index (χ4n) is 0.977. The van der Waals surface area contributed by atoms with Crippen LogP contribution in [0.3, 0.4) is 0 Å². The van der Waals surface area contributed by atoms with Crippen molar-refractivity contribution in [2.75, 3.05) is 20.1 Å². The van der Waals surface area contributed by atoms with Crippen molar-refractivity contribution < 1.29 is 28.3 Å². The average molecular weight is 329 g/mol. The first-order valence-corrected chi connectivity index (χ1v) is 7.47. The molecule has 9 heteroatoms. The largest absolute Gasteiger partial charge is 0.480 e. The van der Waals surface area contributed by atoms with Crippen LogP contribution in [-0.4, -0.2) is 30.9 Å². The van der Waals surface area contributed by atoms with Gasteiger partial charge in [-0.15, -0.1) is 0 Å². The molecule has 1 rings (SSSR count). The molecular weight excluding hydrogens is 318 g/mol. The van der Waals surface area contributed by atoms with E-state index in [2.05, 4.69) is 9.26 Å². The Morgan fingerprint density at radius 3 is 2.68 bits per heavy atom. The van der Waals surface area contributed by atoms with Crippen LogP contribution in [0.15, 0.2) is 18.2 Å². The van der Waals surface area contributed by atoms with Gasteiger partial charge in [0.1, 0.15) is 5.75 Å². The molecule has 1 atom stereocenters. The Labute approximate surface area is 119 Å². The van der Waals surface area contributed by atoms with E-state index >= 15 is 0 Å². The van der Waals surface area contributed by atoms with E-state index in [-0.39, 0.29) is 10.8 Å². The summed E-state index contributed by atoms with van der Waals surface area (Å²) in [5.74, 6) is -0.570. The maximum atomic E-state index is 11.3. The van der Waals surface area contributed by atoms with Crippen molar-refractivity contribution in [3.05, 3.63) is 28.2 Å². The normalized spacial score (nSPS) is 13.7. The molecule has 19 heavy (non-hydrogen) atoms. The molecule has 0 aromatic heterocycles. The van der Waals surface area contributed by atoms with Crippen LogP contribution in [0.5, 0.6) is 5.75 Å². The maximum absolute atomic E-state index is 11.3. The molecule has 1 aromatic rings. The van der Waals surface area contributed by atoms with E-state index < -0.39 is 26.5 Å². The first-order valence-electron chi connectivity index (χ1n) is 4.95. The van der Waals surface area contributed by atoms with E-state index in [4.69, 9.17) is 32.8 Å². The molecule has 6 nitrogen and oxygen atoms in total. The molecule has 0 amide bonds. The molecule has 106 valence electrons. The van der Waals surface area contributed by atoms with Gasteiger partial charge in [0.05, 0.1) is 5.02 Å². The van der Waals surface area contributed by atoms with Crippen LogP contribution in [0.4, 0.5) is 0 Å². The summed E-state index contributed by atoms with van der Waals surface area (Å²) in [4.78, 5) is 20.3. The fourth-order valence-corrected chi connectivity index (χ4v) is 1.85. The van der Waals surface area contributed by atoms with Crippen molar-refractivity contribution in [1.29, 1.82) is 0 Å². The monoisotopic (exact) mass is 328 g/mol. The van der Waals surface area contributed by atoms with Crippen LogP contribution in [0.2, 0.25) is 10.0 Å². The molecule has 0 heterocycles. The zero-order valence-corrected chi connectivity index (χ0v) is 12.2. The van der Waals surface area contributed by atoms with Gasteiger partial charge < -0.3 is 18.9 Å². The second-order valence-corrected chi connectivity index (χ2v) is 6.07. The van der Waals surface area contributed by atoms with Gasteiger partial charge in [-0.05, 0) is 18.2 Å². The lowest BCUT2D eigenvalue weighted by molar-refractivity contribution is -0.144. The number of hydrogen-bond acceptors (Lipinski definition) is 5. The number of ether oxygens (including phenoxy) is 2. The van der Waals surface area contributed by atoms with E-state index in [9.17, 15) is 9.36 Å². The van der Waals surface area contributed by atoms with E-state index in [0.717, 1.165) is 7.11 Å². The lowest BCUT2D eigenvalue weighted by Crippen LogP contribution is -2.16. The summed E-state index contributed by atoms with van der Waals surface area (Å²) >= 11 is 11.5. The summed E-state index contributed by atoms with van der Waals surface area (Å²) in [6.45, 7) is -0.453. The minimum atomic E-state index is -3.88. The zero-order valence-electron chi connectivity index (χ0n) is 9.84. The molecule has 0 saturated heterocycles. The predicted molar refractivity (Wildman–Crippen MR) is 69.8 cm³/mol. The van der Waals surface area contributed by atoms with Gasteiger partial charge in [0.25, 0.3) is 0 Å². The molecule has 0 spiro atoms. The predicted octanol–water partition coefficient (Wildman–Crippen LogP) is 2.70. The van der Waals surface area contributed by atoms with Gasteiger partial charge in [-0.25, -0.2) is 4.79 Å². The molecule has 0 bridgehead atoms. The van der Waals surface area contributed by atoms with Crippen molar-refractivity contribution >= 4 is 36.8 Å². The minimum Gasteiger partial charge on any atom is -0.480 e. The Bertz CT molecular complexity index is 507. The molecule has 0 aliphatic rings. The van der Waals surface area contributed by atoms with E-state index in [1.807, 2.05) is 0 Å². The number of carbonyl (C=O) groups excluding carboxylic acids is 1. The van der Waals surface area contributed by atoms with Crippen molar-refractivity contribution in [2.24, 2.45) is 0 Å². The molecule has 0 aliphatic heterocycles. The molecule has 1 N–H and O–H groups in total. The zero-order chi connectivity index (χ0) is 14.5. The van der Waals surface area contributed by atoms with Crippen LogP contribution in [0.1, 0.15) is 0 Å².